The minimum absolute atomic E-state index is 0.0307. The van der Waals surface area contributed by atoms with E-state index in [0.717, 1.165) is 23.4 Å². The van der Waals surface area contributed by atoms with Crippen molar-refractivity contribution in [2.24, 2.45) is 11.3 Å². The van der Waals surface area contributed by atoms with Crippen molar-refractivity contribution < 1.29 is 63.4 Å². The number of hydrogen-bond acceptors (Lipinski definition) is 7. The Morgan fingerprint density at radius 2 is 1.65 bits per heavy atom. The fourth-order valence-corrected chi connectivity index (χ4v) is 8.73. The number of halogens is 11. The van der Waals surface area contributed by atoms with E-state index in [4.69, 9.17) is 11.6 Å². The van der Waals surface area contributed by atoms with Crippen LogP contribution in [0.2, 0.25) is 5.02 Å². The Morgan fingerprint density at radius 3 is 2.22 bits per heavy atom. The molecule has 0 aliphatic heterocycles. The lowest BCUT2D eigenvalue weighted by atomic mass is 9.93. The summed E-state index contributed by atoms with van der Waals surface area (Å²) in [5, 5.41) is 19.5. The molecule has 3 heterocycles. The number of anilines is 1. The number of carbonyl (C=O) groups excluding carboxylic acids is 2. The van der Waals surface area contributed by atoms with Gasteiger partial charge in [-0.25, -0.2) is 13.1 Å². The number of fused-ring (bicyclic) bond motifs is 2. The molecule has 0 bridgehead atoms. The van der Waals surface area contributed by atoms with Gasteiger partial charge in [-0.2, -0.15) is 45.3 Å². The summed E-state index contributed by atoms with van der Waals surface area (Å²) < 4.78 is 147. The van der Waals surface area contributed by atoms with Crippen LogP contribution < -0.4 is 9.62 Å². The van der Waals surface area contributed by atoms with Crippen molar-refractivity contribution in [3.8, 4) is 11.1 Å². The van der Waals surface area contributed by atoms with Crippen molar-refractivity contribution in [1.29, 1.82) is 0 Å². The number of aromatic nitrogens is 5. The smallest absolute Gasteiger partial charge is 0.435 e. The number of carboxylic acid groups (broad SMARTS) is 1. The molecule has 5 aromatic rings. The van der Waals surface area contributed by atoms with Crippen molar-refractivity contribution in [3.05, 3.63) is 93.0 Å². The number of benzene rings is 2. The van der Waals surface area contributed by atoms with Crippen LogP contribution in [0.5, 0.6) is 0 Å². The number of alkyl halides is 8. The molecule has 23 heteroatoms. The second-order valence-electron chi connectivity index (χ2n) is 15.3. The Hall–Kier alpha value is -5.38. The molecule has 1 saturated carbocycles. The molecule has 2 aromatic carbocycles. The van der Waals surface area contributed by atoms with E-state index in [-0.39, 0.29) is 62.3 Å². The first-order valence-corrected chi connectivity index (χ1v) is 20.6. The number of aliphatic carboxylic acids is 1. The molecule has 2 N–H and O–H groups in total. The minimum Gasteiger partial charge on any atom is -0.480 e. The second-order valence-corrected chi connectivity index (χ2v) is 16.5. The number of carboxylic acids is 1. The third-order valence-electron chi connectivity index (χ3n) is 11.0. The van der Waals surface area contributed by atoms with E-state index in [1.807, 2.05) is 0 Å². The molecule has 2 aliphatic carbocycles. The molecule has 7 rings (SSSR count). The lowest BCUT2D eigenvalue weighted by molar-refractivity contribution is -0.148. The van der Waals surface area contributed by atoms with Crippen LogP contribution in [0.4, 0.5) is 49.7 Å². The summed E-state index contributed by atoms with van der Waals surface area (Å²) in [5.41, 5.74) is -5.73. The van der Waals surface area contributed by atoms with Gasteiger partial charge in [0.15, 0.2) is 11.5 Å². The summed E-state index contributed by atoms with van der Waals surface area (Å²) in [5.74, 6) is -11.5. The summed E-state index contributed by atoms with van der Waals surface area (Å²) in [6.07, 6.45) is -9.80. The Kier molecular flexibility index (Phi) is 11.8. The van der Waals surface area contributed by atoms with Crippen LogP contribution >= 0.6 is 23.5 Å². The standard InChI is InChI=1S/C40H34ClF10N7O4S/c1-4-22-5-6-23(24-7-8-26(41)29-31(24)57(17-38(44,45)46)55-34(29)58(63-3)35(60)37(9-10-37)36(61)62)30(52-22)27(14-19-12-20(42)15-21(43)13-19)53-28(59)16-56-33-25(11-18(2)39(33,47)48)32(54-56)40(49,50)51/h5-8,12-13,15,18,27H,4,9-11,14,16-17H2,1-3H3,(H,53,59)(H,61,62)/t18-,27?/m1/s1. The van der Waals surface area contributed by atoms with Gasteiger partial charge in [-0.15, -0.1) is 0 Å². The van der Waals surface area contributed by atoms with E-state index < -0.39 is 114 Å². The van der Waals surface area contributed by atoms with Crippen LogP contribution in [0.15, 0.2) is 42.5 Å². The molecule has 11 nitrogen and oxygen atoms in total. The number of aryl methyl sites for hydroxylation is 1. The predicted octanol–water partition coefficient (Wildman–Crippen LogP) is 9.23. The van der Waals surface area contributed by atoms with Crippen molar-refractivity contribution in [3.63, 3.8) is 0 Å². The number of hydrogen-bond donors (Lipinski definition) is 2. The molecule has 0 saturated heterocycles. The Balaban J connectivity index is 1.41. The molecule has 2 atom stereocenters. The summed E-state index contributed by atoms with van der Waals surface area (Å²) in [4.78, 5) is 44.5. The highest BCUT2D eigenvalue weighted by molar-refractivity contribution is 8.00. The fourth-order valence-electron chi connectivity index (χ4n) is 7.85. The van der Waals surface area contributed by atoms with Crippen LogP contribution in [0.25, 0.3) is 22.0 Å². The third kappa shape index (κ3) is 8.54. The van der Waals surface area contributed by atoms with Crippen molar-refractivity contribution in [2.75, 3.05) is 10.6 Å². The average molecular weight is 934 g/mol. The zero-order chi connectivity index (χ0) is 46.1. The Bertz CT molecular complexity index is 2640. The van der Waals surface area contributed by atoms with Gasteiger partial charge >= 0.3 is 18.3 Å². The molecule has 63 heavy (non-hydrogen) atoms. The third-order valence-corrected chi connectivity index (χ3v) is 12.0. The molecular formula is C40H34ClF10N7O4S. The summed E-state index contributed by atoms with van der Waals surface area (Å²) in [7, 11) is 0. The Labute approximate surface area is 359 Å². The lowest BCUT2D eigenvalue weighted by Crippen LogP contribution is -2.37. The molecule has 2 amide bonds. The first kappa shape index (κ1) is 45.6. The number of amides is 2. The molecule has 2 aliphatic rings. The van der Waals surface area contributed by atoms with Gasteiger partial charge in [0.2, 0.25) is 5.91 Å². The molecule has 1 unspecified atom stereocenters. The topological polar surface area (TPSA) is 135 Å². The highest BCUT2D eigenvalue weighted by atomic mass is 35.5. The molecular weight excluding hydrogens is 900 g/mol. The van der Waals surface area contributed by atoms with Gasteiger partial charge in [0.1, 0.15) is 35.8 Å². The van der Waals surface area contributed by atoms with E-state index in [1.54, 1.807) is 6.92 Å². The van der Waals surface area contributed by atoms with E-state index in [9.17, 15) is 54.6 Å². The van der Waals surface area contributed by atoms with Gasteiger partial charge in [0.05, 0.1) is 27.7 Å². The first-order chi connectivity index (χ1) is 29.4. The summed E-state index contributed by atoms with van der Waals surface area (Å²) in [6.45, 7) is -0.226. The van der Waals surface area contributed by atoms with Gasteiger partial charge in [-0.05, 0) is 73.9 Å². The quantitative estimate of drug-likeness (QED) is 0.0678. The van der Waals surface area contributed by atoms with Crippen LogP contribution in [-0.2, 0) is 58.8 Å². The predicted molar refractivity (Wildman–Crippen MR) is 209 cm³/mol. The van der Waals surface area contributed by atoms with Gasteiger partial charge in [0, 0.05) is 40.6 Å². The van der Waals surface area contributed by atoms with E-state index in [1.165, 1.54) is 30.5 Å². The lowest BCUT2D eigenvalue weighted by Gasteiger charge is -2.24. The normalized spacial score (nSPS) is 17.1. The maximum Gasteiger partial charge on any atom is 0.435 e. The SMILES string of the molecule is CCc1ccc(-c2ccc(Cl)c3c(N(SC)C(=O)C4(C(=O)O)CC4)nn(CC(F)(F)F)c23)c(C(Cc2cc(F)cc(F)c2)NC(=O)Cn2nc(C(F)(F)F)c3c2C(F)(F)[C@H](C)C3)n1. The highest BCUT2D eigenvalue weighted by Gasteiger charge is 2.59. The first-order valence-electron chi connectivity index (χ1n) is 19.1. The van der Waals surface area contributed by atoms with Crippen LogP contribution in [0.1, 0.15) is 66.6 Å². The number of nitrogens with one attached hydrogen (secondary N) is 1. The Morgan fingerprint density at radius 1 is 1.00 bits per heavy atom. The van der Waals surface area contributed by atoms with Crippen LogP contribution in [-0.4, -0.2) is 59.9 Å². The maximum atomic E-state index is 15.4. The molecule has 0 radical (unpaired) electrons. The largest absolute Gasteiger partial charge is 0.480 e. The average Bonchev–Trinajstić information content (AvgIpc) is 3.73. The maximum absolute atomic E-state index is 15.4. The number of carbonyl (C=O) groups is 3. The molecule has 1 fully saturated rings. The molecule has 336 valence electrons. The van der Waals surface area contributed by atoms with Gasteiger partial charge in [-0.3, -0.25) is 28.7 Å². The van der Waals surface area contributed by atoms with Crippen LogP contribution in [0.3, 0.4) is 0 Å². The van der Waals surface area contributed by atoms with E-state index >= 15 is 8.78 Å². The zero-order valence-electron chi connectivity index (χ0n) is 33.1. The van der Waals surface area contributed by atoms with Gasteiger partial charge in [-0.1, -0.05) is 37.6 Å². The molecule has 3 aromatic heterocycles. The second kappa shape index (κ2) is 16.3. The highest BCUT2D eigenvalue weighted by Crippen LogP contribution is 2.52. The van der Waals surface area contributed by atoms with Crippen molar-refractivity contribution in [2.45, 2.75) is 83.4 Å². The van der Waals surface area contributed by atoms with Crippen molar-refractivity contribution in [1.82, 2.24) is 29.9 Å². The number of pyridine rings is 1. The van der Waals surface area contributed by atoms with E-state index in [2.05, 4.69) is 20.5 Å². The van der Waals surface area contributed by atoms with E-state index in [0.29, 0.717) is 28.4 Å². The summed E-state index contributed by atoms with van der Waals surface area (Å²) in [6, 6.07) is 6.31. The fraction of sp³-hybridized carbons (Fsp3) is 0.400. The number of rotatable bonds is 13. The minimum atomic E-state index is -5.16. The van der Waals surface area contributed by atoms with Gasteiger partial charge in [0.25, 0.3) is 11.8 Å². The van der Waals surface area contributed by atoms with Gasteiger partial charge < -0.3 is 10.4 Å². The van der Waals surface area contributed by atoms with Crippen molar-refractivity contribution >= 4 is 58.1 Å². The number of nitrogens with zero attached hydrogens (tertiary/aromatic N) is 6. The van der Waals surface area contributed by atoms with Crippen LogP contribution in [0, 0.1) is 23.0 Å². The summed E-state index contributed by atoms with van der Waals surface area (Å²) >= 11 is 7.34. The molecule has 0 spiro atoms. The zero-order valence-corrected chi connectivity index (χ0v) is 34.6. The monoisotopic (exact) mass is 933 g/mol.